The Balaban J connectivity index is 0.00000261. The summed E-state index contributed by atoms with van der Waals surface area (Å²) in [5, 5.41) is 3.51. The lowest BCUT2D eigenvalue weighted by Crippen LogP contribution is -2.56. The number of halogens is 1. The summed E-state index contributed by atoms with van der Waals surface area (Å²) in [5.74, 6) is 1.68. The molecule has 2 saturated heterocycles. The normalized spacial score (nSPS) is 26.4. The third-order valence-corrected chi connectivity index (χ3v) is 6.24. The molecule has 6 nitrogen and oxygen atoms in total. The van der Waals surface area contributed by atoms with Gasteiger partial charge in [-0.2, -0.15) is 0 Å². The molecule has 0 aromatic rings. The van der Waals surface area contributed by atoms with Crippen LogP contribution in [0.4, 0.5) is 0 Å². The molecule has 0 aromatic carbocycles. The van der Waals surface area contributed by atoms with Crippen LogP contribution in [0.25, 0.3) is 0 Å². The molecule has 3 fully saturated rings. The third-order valence-electron chi connectivity index (χ3n) is 6.24. The number of nitrogens with one attached hydrogen (secondary N) is 1. The number of ether oxygens (including phenoxy) is 2. The van der Waals surface area contributed by atoms with Crippen LogP contribution in [0.3, 0.4) is 0 Å². The van der Waals surface area contributed by atoms with E-state index >= 15 is 0 Å². The molecule has 3 aliphatic rings. The van der Waals surface area contributed by atoms with Crippen molar-refractivity contribution in [2.75, 3.05) is 66.2 Å². The minimum absolute atomic E-state index is 0. The first kappa shape index (κ1) is 23.2. The molecule has 1 atom stereocenters. The quantitative estimate of drug-likeness (QED) is 0.350. The molecule has 0 radical (unpaired) electrons. The van der Waals surface area contributed by atoms with E-state index in [1.54, 1.807) is 0 Å². The molecular formula is C20H39IN4O2. The van der Waals surface area contributed by atoms with Crippen LogP contribution in [0.1, 0.15) is 45.4 Å². The fourth-order valence-corrected chi connectivity index (χ4v) is 4.71. The van der Waals surface area contributed by atoms with Gasteiger partial charge in [0.15, 0.2) is 5.96 Å². The van der Waals surface area contributed by atoms with Crippen LogP contribution in [0, 0.1) is 5.92 Å². The fourth-order valence-electron chi connectivity index (χ4n) is 4.71. The van der Waals surface area contributed by atoms with Crippen molar-refractivity contribution in [3.05, 3.63) is 0 Å². The molecule has 3 rings (SSSR count). The molecule has 7 heteroatoms. The molecule has 1 saturated carbocycles. The van der Waals surface area contributed by atoms with Gasteiger partial charge in [-0.3, -0.25) is 9.89 Å². The molecule has 1 N–H and O–H groups in total. The highest BCUT2D eigenvalue weighted by molar-refractivity contribution is 14.0. The van der Waals surface area contributed by atoms with Crippen molar-refractivity contribution in [3.63, 3.8) is 0 Å². The van der Waals surface area contributed by atoms with Crippen molar-refractivity contribution in [2.24, 2.45) is 10.9 Å². The van der Waals surface area contributed by atoms with Crippen LogP contribution < -0.4 is 5.32 Å². The molecule has 1 aliphatic carbocycles. The van der Waals surface area contributed by atoms with Gasteiger partial charge in [0.1, 0.15) is 0 Å². The predicted octanol–water partition coefficient (Wildman–Crippen LogP) is 2.57. The van der Waals surface area contributed by atoms with E-state index in [2.05, 4.69) is 29.1 Å². The van der Waals surface area contributed by atoms with Gasteiger partial charge in [0.05, 0.1) is 26.4 Å². The van der Waals surface area contributed by atoms with E-state index < -0.39 is 0 Å². The Morgan fingerprint density at radius 2 is 1.89 bits per heavy atom. The van der Waals surface area contributed by atoms with Crippen LogP contribution in [-0.4, -0.2) is 87.5 Å². The Bertz CT molecular complexity index is 445. The second kappa shape index (κ2) is 11.8. The molecule has 2 heterocycles. The van der Waals surface area contributed by atoms with Gasteiger partial charge in [0.2, 0.25) is 0 Å². The highest BCUT2D eigenvalue weighted by Crippen LogP contribution is 2.34. The number of hydrogen-bond acceptors (Lipinski definition) is 4. The van der Waals surface area contributed by atoms with Crippen LogP contribution in [0.5, 0.6) is 0 Å². The lowest BCUT2D eigenvalue weighted by atomic mass is 9.80. The van der Waals surface area contributed by atoms with Gasteiger partial charge in [-0.25, -0.2) is 0 Å². The summed E-state index contributed by atoms with van der Waals surface area (Å²) in [6.07, 6.45) is 7.75. The summed E-state index contributed by atoms with van der Waals surface area (Å²) in [7, 11) is 2.17. The van der Waals surface area contributed by atoms with E-state index in [1.165, 1.54) is 38.5 Å². The molecular weight excluding hydrogens is 455 g/mol. The average molecular weight is 494 g/mol. The number of morpholine rings is 1. The number of hydrogen-bond donors (Lipinski definition) is 1. The minimum Gasteiger partial charge on any atom is -0.381 e. The fraction of sp³-hybridized carbons (Fsp3) is 0.950. The number of nitrogens with zero attached hydrogens (tertiary/aromatic N) is 3. The van der Waals surface area contributed by atoms with E-state index in [0.29, 0.717) is 5.92 Å². The highest BCUT2D eigenvalue weighted by Gasteiger charge is 2.38. The van der Waals surface area contributed by atoms with Gasteiger partial charge < -0.3 is 19.7 Å². The first-order valence-electron chi connectivity index (χ1n) is 10.6. The zero-order valence-electron chi connectivity index (χ0n) is 17.3. The Morgan fingerprint density at radius 3 is 2.52 bits per heavy atom. The lowest BCUT2D eigenvalue weighted by Gasteiger charge is -2.47. The Labute approximate surface area is 182 Å². The average Bonchev–Trinajstić information content (AvgIpc) is 3.19. The van der Waals surface area contributed by atoms with Gasteiger partial charge >= 0.3 is 0 Å². The highest BCUT2D eigenvalue weighted by atomic mass is 127. The van der Waals surface area contributed by atoms with E-state index in [9.17, 15) is 0 Å². The molecule has 1 unspecified atom stereocenters. The Morgan fingerprint density at radius 1 is 1.15 bits per heavy atom. The smallest absolute Gasteiger partial charge is 0.193 e. The van der Waals surface area contributed by atoms with Gasteiger partial charge in [-0.05, 0) is 26.2 Å². The summed E-state index contributed by atoms with van der Waals surface area (Å²) in [6.45, 7) is 10.6. The number of aliphatic imine (C=N–C) groups is 1. The second-order valence-corrected chi connectivity index (χ2v) is 8.16. The molecule has 0 aromatic heterocycles. The van der Waals surface area contributed by atoms with Crippen molar-refractivity contribution in [1.29, 1.82) is 0 Å². The topological polar surface area (TPSA) is 49.3 Å². The molecule has 0 bridgehead atoms. The van der Waals surface area contributed by atoms with Crippen LogP contribution in [0.2, 0.25) is 0 Å². The molecule has 2 aliphatic heterocycles. The van der Waals surface area contributed by atoms with Crippen molar-refractivity contribution >= 4 is 29.9 Å². The summed E-state index contributed by atoms with van der Waals surface area (Å²) in [6, 6.07) is 0. The van der Waals surface area contributed by atoms with E-state index in [-0.39, 0.29) is 29.5 Å². The number of guanidine groups is 1. The largest absolute Gasteiger partial charge is 0.381 e. The maximum absolute atomic E-state index is 5.60. The van der Waals surface area contributed by atoms with Crippen LogP contribution >= 0.6 is 24.0 Å². The van der Waals surface area contributed by atoms with Gasteiger partial charge in [-0.1, -0.05) is 19.3 Å². The first-order valence-corrected chi connectivity index (χ1v) is 10.6. The molecule has 158 valence electrons. The molecule has 0 amide bonds. The molecule has 27 heavy (non-hydrogen) atoms. The lowest BCUT2D eigenvalue weighted by molar-refractivity contribution is -0.0334. The van der Waals surface area contributed by atoms with Crippen molar-refractivity contribution < 1.29 is 9.47 Å². The first-order chi connectivity index (χ1) is 12.7. The van der Waals surface area contributed by atoms with Crippen molar-refractivity contribution in [1.82, 2.24) is 15.1 Å². The van der Waals surface area contributed by atoms with Crippen LogP contribution in [-0.2, 0) is 9.47 Å². The van der Waals surface area contributed by atoms with Gasteiger partial charge in [0, 0.05) is 51.3 Å². The Kier molecular flexibility index (Phi) is 10.1. The van der Waals surface area contributed by atoms with Crippen molar-refractivity contribution in [2.45, 2.75) is 51.0 Å². The zero-order valence-corrected chi connectivity index (χ0v) is 19.6. The maximum atomic E-state index is 5.60. The van der Waals surface area contributed by atoms with Gasteiger partial charge in [0.25, 0.3) is 0 Å². The summed E-state index contributed by atoms with van der Waals surface area (Å²) in [5.41, 5.74) is 0.236. The van der Waals surface area contributed by atoms with Crippen molar-refractivity contribution in [3.8, 4) is 0 Å². The SMILES string of the molecule is CCNC(=NCC1(N2CCOCC2)CCCCC1)N(C)CC1CCOC1.I. The zero-order chi connectivity index (χ0) is 18.2. The van der Waals surface area contributed by atoms with E-state index in [4.69, 9.17) is 14.5 Å². The van der Waals surface area contributed by atoms with E-state index in [1.807, 2.05) is 0 Å². The Hall–Kier alpha value is -0.120. The maximum Gasteiger partial charge on any atom is 0.193 e. The van der Waals surface area contributed by atoms with Gasteiger partial charge in [-0.15, -0.1) is 24.0 Å². The number of rotatable bonds is 6. The van der Waals surface area contributed by atoms with E-state index in [0.717, 1.165) is 65.1 Å². The standard InChI is InChI=1S/C20H38N4O2.HI/c1-3-21-19(23(2)15-18-7-12-26-16-18)22-17-20(8-5-4-6-9-20)24-10-13-25-14-11-24;/h18H,3-17H2,1-2H3,(H,21,22);1H. The predicted molar refractivity (Wildman–Crippen MR) is 121 cm³/mol. The third kappa shape index (κ3) is 6.44. The van der Waals surface area contributed by atoms with Crippen LogP contribution in [0.15, 0.2) is 4.99 Å². The molecule has 0 spiro atoms. The summed E-state index contributed by atoms with van der Waals surface area (Å²) < 4.78 is 11.1. The monoisotopic (exact) mass is 494 g/mol. The second-order valence-electron chi connectivity index (χ2n) is 8.16. The minimum atomic E-state index is 0. The summed E-state index contributed by atoms with van der Waals surface area (Å²) >= 11 is 0. The summed E-state index contributed by atoms with van der Waals surface area (Å²) in [4.78, 5) is 10.1.